The van der Waals surface area contributed by atoms with Gasteiger partial charge >= 0.3 is 6.18 Å². The zero-order valence-corrected chi connectivity index (χ0v) is 21.6. The molecule has 2 aromatic rings. The number of carbonyl (C=O) groups is 1. The maximum absolute atomic E-state index is 13.8. The molecule has 0 aromatic heterocycles. The monoisotopic (exact) mass is 526 g/mol. The van der Waals surface area contributed by atoms with Crippen LogP contribution in [0.4, 0.5) is 13.2 Å². The van der Waals surface area contributed by atoms with Gasteiger partial charge in [-0.05, 0) is 67.8 Å². The highest BCUT2D eigenvalue weighted by molar-refractivity contribution is 6.04. The van der Waals surface area contributed by atoms with Crippen molar-refractivity contribution in [2.75, 3.05) is 13.1 Å². The van der Waals surface area contributed by atoms with E-state index in [1.165, 1.54) is 23.3 Å². The zero-order chi connectivity index (χ0) is 26.9. The summed E-state index contributed by atoms with van der Waals surface area (Å²) in [6, 6.07) is 13.0. The summed E-state index contributed by atoms with van der Waals surface area (Å²) in [7, 11) is 0. The number of piperidine rings is 1. The highest BCUT2D eigenvalue weighted by atomic mass is 19.4. The van der Waals surface area contributed by atoms with Gasteiger partial charge < -0.3 is 20.1 Å². The smallest absolute Gasteiger partial charge is 0.416 e. The molecule has 0 unspecified atom stereocenters. The van der Waals surface area contributed by atoms with Gasteiger partial charge in [-0.1, -0.05) is 50.2 Å². The summed E-state index contributed by atoms with van der Waals surface area (Å²) in [6.45, 7) is 5.48. The van der Waals surface area contributed by atoms with E-state index in [1.807, 2.05) is 17.0 Å². The Hall–Kier alpha value is -2.84. The lowest BCUT2D eigenvalue weighted by atomic mass is 9.49. The number of hydrogen-bond acceptors (Lipinski definition) is 4. The Morgan fingerprint density at radius 2 is 1.89 bits per heavy atom. The summed E-state index contributed by atoms with van der Waals surface area (Å²) in [5.41, 5.74) is 0.877. The quantitative estimate of drug-likeness (QED) is 0.574. The highest BCUT2D eigenvalue weighted by Crippen LogP contribution is 2.57. The van der Waals surface area contributed by atoms with Gasteiger partial charge in [-0.3, -0.25) is 4.79 Å². The molecule has 2 heterocycles. The van der Waals surface area contributed by atoms with Crippen LogP contribution in [0.5, 0.6) is 0 Å². The van der Waals surface area contributed by atoms with Crippen LogP contribution in [0.15, 0.2) is 54.3 Å². The second-order valence-corrected chi connectivity index (χ2v) is 11.7. The lowest BCUT2D eigenvalue weighted by molar-refractivity contribution is -0.150. The Bertz CT molecular complexity index is 1290. The molecule has 0 radical (unpaired) electrons. The van der Waals surface area contributed by atoms with E-state index in [0.717, 1.165) is 31.5 Å². The molecular weight excluding hydrogens is 493 g/mol. The van der Waals surface area contributed by atoms with E-state index < -0.39 is 22.8 Å². The summed E-state index contributed by atoms with van der Waals surface area (Å²) in [4.78, 5) is 15.7. The number of ether oxygens (including phenoxy) is 1. The minimum absolute atomic E-state index is 0.0119. The molecule has 1 amide bonds. The summed E-state index contributed by atoms with van der Waals surface area (Å²) in [6.07, 6.45) is -0.882. The molecule has 2 bridgehead atoms. The van der Waals surface area contributed by atoms with Crippen molar-refractivity contribution in [2.24, 2.45) is 5.92 Å². The van der Waals surface area contributed by atoms with Gasteiger partial charge in [0.05, 0.1) is 11.2 Å². The standard InChI is InChI=1S/C30H33F3N2O3/c1-18(2)17-35(27(36)26-25(38-26)19-7-9-21(10-8-19)30(31,32)33)22-11-12-29(37)24-15-20-5-3-4-6-23(20)28(29,16-22)13-14-34-24/h3-10,18,22,24,34,37H,11-17H2,1-2H3/t22-,24-,28-,29-/m1/s1. The van der Waals surface area contributed by atoms with E-state index >= 15 is 0 Å². The van der Waals surface area contributed by atoms with Crippen molar-refractivity contribution in [1.29, 1.82) is 0 Å². The van der Waals surface area contributed by atoms with Gasteiger partial charge in [-0.25, -0.2) is 0 Å². The lowest BCUT2D eigenvalue weighted by Crippen LogP contribution is -2.73. The maximum atomic E-state index is 13.8. The number of nitrogens with zero attached hydrogens (tertiary/aromatic N) is 1. The second kappa shape index (κ2) is 8.85. The molecule has 8 heteroatoms. The Kier molecular flexibility index (Phi) is 5.92. The minimum atomic E-state index is -4.42. The molecule has 2 aliphatic carbocycles. The van der Waals surface area contributed by atoms with Gasteiger partial charge in [-0.15, -0.1) is 0 Å². The van der Waals surface area contributed by atoms with Crippen molar-refractivity contribution in [1.82, 2.24) is 10.2 Å². The third kappa shape index (κ3) is 3.95. The third-order valence-corrected chi connectivity index (χ3v) is 9.05. The number of hydrogen-bond donors (Lipinski definition) is 2. The van der Waals surface area contributed by atoms with Gasteiger partial charge in [0.25, 0.3) is 5.91 Å². The van der Waals surface area contributed by atoms with Crippen LogP contribution in [0.2, 0.25) is 0 Å². The number of nitrogens with one attached hydrogen (secondary N) is 1. The molecule has 2 aliphatic heterocycles. The van der Waals surface area contributed by atoms with Crippen molar-refractivity contribution >= 4 is 11.7 Å². The number of aliphatic hydroxyl groups is 1. The number of amides is 1. The van der Waals surface area contributed by atoms with E-state index in [-0.39, 0.29) is 29.7 Å². The first-order valence-electron chi connectivity index (χ1n) is 13.5. The van der Waals surface area contributed by atoms with Crippen LogP contribution in [0.1, 0.15) is 61.8 Å². The van der Waals surface area contributed by atoms with Gasteiger partial charge in [0.1, 0.15) is 0 Å². The molecule has 1 saturated heterocycles. The van der Waals surface area contributed by atoms with E-state index in [2.05, 4.69) is 31.3 Å². The molecule has 2 aromatic carbocycles. The average Bonchev–Trinajstić information content (AvgIpc) is 3.67. The SMILES string of the molecule is CC(C)CN(C(=O)C1=C(c2ccc(C(F)(F)F)cc2)O1)[C@@H]1CC[C@@]2(O)[C@H]3Cc4ccccc4[C@@]2(CCN3)C1. The largest absolute Gasteiger partial charge is 0.443 e. The number of carbonyl (C=O) groups excluding carboxylic acids is 1. The molecule has 38 heavy (non-hydrogen) atoms. The Balaban J connectivity index is 1.31. The molecule has 5 nitrogen and oxygen atoms in total. The molecular formula is C30H33F3N2O3. The van der Waals surface area contributed by atoms with Crippen LogP contribution in [0.25, 0.3) is 5.76 Å². The number of halogens is 3. The minimum Gasteiger partial charge on any atom is -0.443 e. The summed E-state index contributed by atoms with van der Waals surface area (Å²) >= 11 is 0. The maximum Gasteiger partial charge on any atom is 0.416 e. The Labute approximate surface area is 220 Å². The highest BCUT2D eigenvalue weighted by Gasteiger charge is 2.63. The van der Waals surface area contributed by atoms with Crippen LogP contribution < -0.4 is 5.32 Å². The molecule has 4 aliphatic rings. The molecule has 4 atom stereocenters. The van der Waals surface area contributed by atoms with E-state index in [9.17, 15) is 23.1 Å². The topological polar surface area (TPSA) is 65.1 Å². The fourth-order valence-electron chi connectivity index (χ4n) is 7.27. The normalized spacial score (nSPS) is 29.9. The van der Waals surface area contributed by atoms with Crippen LogP contribution in [0, 0.1) is 5.92 Å². The average molecular weight is 527 g/mol. The molecule has 2 N–H and O–H groups in total. The number of benzene rings is 2. The van der Waals surface area contributed by atoms with Crippen LogP contribution in [-0.2, 0) is 27.5 Å². The first-order valence-corrected chi connectivity index (χ1v) is 13.5. The Morgan fingerprint density at radius 1 is 1.16 bits per heavy atom. The fraction of sp³-hybridized carbons (Fsp3) is 0.500. The van der Waals surface area contributed by atoms with Gasteiger partial charge in [-0.2, -0.15) is 13.2 Å². The number of fused-ring (bicyclic) bond motifs is 1. The molecule has 202 valence electrons. The summed E-state index contributed by atoms with van der Waals surface area (Å²) in [5.74, 6) is 0.532. The van der Waals surface area contributed by atoms with E-state index in [4.69, 9.17) is 4.74 Å². The van der Waals surface area contributed by atoms with Crippen molar-refractivity contribution in [3.8, 4) is 0 Å². The van der Waals surface area contributed by atoms with E-state index in [0.29, 0.717) is 37.1 Å². The Morgan fingerprint density at radius 3 is 2.61 bits per heavy atom. The predicted octanol–water partition coefficient (Wildman–Crippen LogP) is 5.03. The van der Waals surface area contributed by atoms with Crippen molar-refractivity contribution in [3.63, 3.8) is 0 Å². The predicted molar refractivity (Wildman–Crippen MR) is 137 cm³/mol. The van der Waals surface area contributed by atoms with Crippen molar-refractivity contribution < 1.29 is 27.8 Å². The molecule has 0 spiro atoms. The lowest BCUT2D eigenvalue weighted by Gasteiger charge is -2.63. The van der Waals surface area contributed by atoms with Crippen molar-refractivity contribution in [3.05, 3.63) is 76.5 Å². The van der Waals surface area contributed by atoms with E-state index in [1.54, 1.807) is 0 Å². The summed E-state index contributed by atoms with van der Waals surface area (Å²) < 4.78 is 44.5. The van der Waals surface area contributed by atoms with Gasteiger partial charge in [0.15, 0.2) is 5.76 Å². The molecule has 6 rings (SSSR count). The van der Waals surface area contributed by atoms with Crippen LogP contribution >= 0.6 is 0 Å². The van der Waals surface area contributed by atoms with Gasteiger partial charge in [0.2, 0.25) is 5.76 Å². The molecule has 2 fully saturated rings. The number of alkyl halides is 3. The summed E-state index contributed by atoms with van der Waals surface area (Å²) in [5, 5.41) is 15.7. The van der Waals surface area contributed by atoms with Crippen LogP contribution in [0.3, 0.4) is 0 Å². The first-order chi connectivity index (χ1) is 18.0. The van der Waals surface area contributed by atoms with Crippen LogP contribution in [-0.4, -0.2) is 46.7 Å². The first kappa shape index (κ1) is 25.4. The zero-order valence-electron chi connectivity index (χ0n) is 21.6. The molecule has 1 saturated carbocycles. The second-order valence-electron chi connectivity index (χ2n) is 11.7. The third-order valence-electron chi connectivity index (χ3n) is 9.05. The van der Waals surface area contributed by atoms with Gasteiger partial charge in [0, 0.05) is 29.6 Å². The van der Waals surface area contributed by atoms with Crippen molar-refractivity contribution in [2.45, 2.75) is 75.2 Å². The number of rotatable bonds is 5. The fourth-order valence-corrected chi connectivity index (χ4v) is 7.27.